The maximum atomic E-state index is 11.9. The molecule has 7 heteroatoms. The Morgan fingerprint density at radius 2 is 1.88 bits per heavy atom. The number of piperidine rings is 1. The number of hydrogen-bond donors (Lipinski definition) is 0. The lowest BCUT2D eigenvalue weighted by Crippen LogP contribution is -2.46. The van der Waals surface area contributed by atoms with Crippen molar-refractivity contribution in [2.75, 3.05) is 18.8 Å². The Bertz CT molecular complexity index is 942. The predicted octanol–water partition coefficient (Wildman–Crippen LogP) is 4.05. The summed E-state index contributed by atoms with van der Waals surface area (Å²) in [6.45, 7) is 1.41. The van der Waals surface area contributed by atoms with Gasteiger partial charge in [-0.05, 0) is 48.7 Å². The summed E-state index contributed by atoms with van der Waals surface area (Å²) in [5.41, 5.74) is 1.06. The number of hydrogen-bond acceptors (Lipinski definition) is 4. The molecule has 4 rings (SSSR count). The van der Waals surface area contributed by atoms with E-state index in [1.54, 1.807) is 12.1 Å². The zero-order chi connectivity index (χ0) is 18.1. The molecule has 2 heterocycles. The first-order valence-corrected chi connectivity index (χ1v) is 10.6. The molecule has 26 heavy (non-hydrogen) atoms. The van der Waals surface area contributed by atoms with Crippen LogP contribution in [0.5, 0.6) is 11.5 Å². The van der Waals surface area contributed by atoms with Crippen LogP contribution in [0.4, 0.5) is 0 Å². The molecule has 2 aliphatic rings. The average molecular weight is 391 g/mol. The highest BCUT2D eigenvalue weighted by Crippen LogP contribution is 2.33. The number of ether oxygens (including phenoxy) is 1. The molecule has 1 fully saturated rings. The summed E-state index contributed by atoms with van der Waals surface area (Å²) in [7, 11) is -3.34. The third kappa shape index (κ3) is 3.71. The molecule has 0 N–H and O–H groups in total. The van der Waals surface area contributed by atoms with Crippen LogP contribution >= 0.6 is 11.6 Å². The maximum Gasteiger partial charge on any atom is 0.256 e. The van der Waals surface area contributed by atoms with Gasteiger partial charge in [0.25, 0.3) is 10.0 Å². The van der Waals surface area contributed by atoms with Crippen molar-refractivity contribution in [2.24, 2.45) is 4.40 Å². The summed E-state index contributed by atoms with van der Waals surface area (Å²) in [5, 5.41) is 0.623. The molecule has 2 aromatic carbocycles. The van der Waals surface area contributed by atoms with Crippen LogP contribution in [0, 0.1) is 0 Å². The highest BCUT2D eigenvalue weighted by Gasteiger charge is 2.33. The van der Waals surface area contributed by atoms with Crippen molar-refractivity contribution in [1.29, 1.82) is 0 Å². The first kappa shape index (κ1) is 17.4. The van der Waals surface area contributed by atoms with Gasteiger partial charge in [0.2, 0.25) is 0 Å². The van der Waals surface area contributed by atoms with Gasteiger partial charge in [0.1, 0.15) is 17.3 Å². The number of halogens is 1. The summed E-state index contributed by atoms with van der Waals surface area (Å²) in [4.78, 5) is 2.10. The lowest BCUT2D eigenvalue weighted by molar-refractivity contribution is 0.366. The minimum absolute atomic E-state index is 0.0130. The van der Waals surface area contributed by atoms with Crippen LogP contribution in [0.2, 0.25) is 5.02 Å². The van der Waals surface area contributed by atoms with Gasteiger partial charge in [-0.1, -0.05) is 29.8 Å². The number of rotatable bonds is 3. The minimum Gasteiger partial charge on any atom is -0.457 e. The van der Waals surface area contributed by atoms with Crippen molar-refractivity contribution in [3.8, 4) is 11.5 Å². The van der Waals surface area contributed by atoms with Crippen LogP contribution in [-0.4, -0.2) is 38.0 Å². The Kier molecular flexibility index (Phi) is 4.63. The molecule has 1 saturated heterocycles. The monoisotopic (exact) mass is 390 g/mol. The summed E-state index contributed by atoms with van der Waals surface area (Å²) >= 11 is 5.98. The molecule has 2 aromatic rings. The summed E-state index contributed by atoms with van der Waals surface area (Å²) in [6, 6.07) is 15.0. The Labute approximate surface area is 158 Å². The van der Waals surface area contributed by atoms with Gasteiger partial charge in [0.15, 0.2) is 0 Å². The molecule has 136 valence electrons. The van der Waals surface area contributed by atoms with E-state index in [1.165, 1.54) is 0 Å². The van der Waals surface area contributed by atoms with Crippen LogP contribution in [0.3, 0.4) is 0 Å². The van der Waals surface area contributed by atoms with Gasteiger partial charge in [-0.15, -0.1) is 4.40 Å². The van der Waals surface area contributed by atoms with Gasteiger partial charge in [-0.3, -0.25) is 0 Å². The van der Waals surface area contributed by atoms with Crippen molar-refractivity contribution in [3.05, 3.63) is 59.1 Å². The molecule has 1 atom stereocenters. The zero-order valence-corrected chi connectivity index (χ0v) is 15.7. The average Bonchev–Trinajstić information content (AvgIpc) is 2.61. The van der Waals surface area contributed by atoms with E-state index < -0.39 is 10.0 Å². The number of benzene rings is 2. The fourth-order valence-corrected chi connectivity index (χ4v) is 4.71. The normalized spacial score (nSPS) is 21.7. The molecule has 0 amide bonds. The number of nitrogens with zero attached hydrogens (tertiary/aromatic N) is 2. The Balaban J connectivity index is 1.57. The van der Waals surface area contributed by atoms with Crippen molar-refractivity contribution < 1.29 is 13.2 Å². The molecular weight excluding hydrogens is 372 g/mol. The van der Waals surface area contributed by atoms with E-state index in [9.17, 15) is 8.42 Å². The fraction of sp³-hybridized carbons (Fsp3) is 0.316. The maximum absolute atomic E-state index is 11.9. The van der Waals surface area contributed by atoms with Gasteiger partial charge in [-0.2, -0.15) is 0 Å². The van der Waals surface area contributed by atoms with Crippen LogP contribution in [0.1, 0.15) is 24.3 Å². The van der Waals surface area contributed by atoms with Gasteiger partial charge < -0.3 is 9.64 Å². The van der Waals surface area contributed by atoms with Crippen molar-refractivity contribution in [3.63, 3.8) is 0 Å². The zero-order valence-electron chi connectivity index (χ0n) is 14.1. The molecule has 0 bridgehead atoms. The molecule has 0 spiro atoms. The van der Waals surface area contributed by atoms with E-state index in [2.05, 4.69) is 9.30 Å². The Morgan fingerprint density at radius 3 is 2.65 bits per heavy atom. The molecule has 0 radical (unpaired) electrons. The van der Waals surface area contributed by atoms with Crippen LogP contribution in [-0.2, 0) is 10.0 Å². The molecule has 2 aliphatic heterocycles. The van der Waals surface area contributed by atoms with Gasteiger partial charge >= 0.3 is 0 Å². The van der Waals surface area contributed by atoms with Crippen molar-refractivity contribution in [2.45, 2.75) is 18.8 Å². The van der Waals surface area contributed by atoms with Gasteiger partial charge in [0, 0.05) is 24.0 Å². The summed E-state index contributed by atoms with van der Waals surface area (Å²) in [6.07, 6.45) is 1.93. The molecular formula is C19H19ClN2O3S. The van der Waals surface area contributed by atoms with E-state index in [0.29, 0.717) is 28.9 Å². The molecule has 1 unspecified atom stereocenters. The standard InChI is InChI=1S/C19H19ClN2O3S/c20-15-3-1-4-17(13-15)25-16-8-6-14(7-9-16)18-5-2-10-22-11-12-26(23,24)21-19(18)22/h1,3-4,6-9,13,18H,2,5,10-12H2. The first-order chi connectivity index (χ1) is 12.5. The van der Waals surface area contributed by atoms with E-state index in [1.807, 2.05) is 36.4 Å². The second kappa shape index (κ2) is 6.93. The Morgan fingerprint density at radius 1 is 1.08 bits per heavy atom. The lowest BCUT2D eigenvalue weighted by Gasteiger charge is -2.37. The molecule has 0 aromatic heterocycles. The molecule has 0 saturated carbocycles. The van der Waals surface area contributed by atoms with E-state index in [-0.39, 0.29) is 11.7 Å². The minimum atomic E-state index is -3.34. The second-order valence-corrected chi connectivity index (χ2v) is 8.74. The van der Waals surface area contributed by atoms with E-state index >= 15 is 0 Å². The number of fused-ring (bicyclic) bond motifs is 1. The third-order valence-corrected chi connectivity index (χ3v) is 6.12. The second-order valence-electron chi connectivity index (χ2n) is 6.55. The van der Waals surface area contributed by atoms with Crippen LogP contribution < -0.4 is 4.74 Å². The van der Waals surface area contributed by atoms with E-state index in [0.717, 1.165) is 24.9 Å². The lowest BCUT2D eigenvalue weighted by atomic mass is 9.89. The predicted molar refractivity (Wildman–Crippen MR) is 103 cm³/mol. The summed E-state index contributed by atoms with van der Waals surface area (Å²) < 4.78 is 33.7. The highest BCUT2D eigenvalue weighted by atomic mass is 35.5. The largest absolute Gasteiger partial charge is 0.457 e. The summed E-state index contributed by atoms with van der Waals surface area (Å²) in [5.74, 6) is 2.19. The highest BCUT2D eigenvalue weighted by molar-refractivity contribution is 7.90. The van der Waals surface area contributed by atoms with Crippen molar-refractivity contribution >= 4 is 27.5 Å². The molecule has 0 aliphatic carbocycles. The SMILES string of the molecule is O=S1(=O)CCN2CCCC(c3ccc(Oc4cccc(Cl)c4)cc3)C2=N1. The number of sulfonamides is 1. The fourth-order valence-electron chi connectivity index (χ4n) is 3.46. The third-order valence-electron chi connectivity index (χ3n) is 4.72. The molecule has 5 nitrogen and oxygen atoms in total. The van der Waals surface area contributed by atoms with E-state index in [4.69, 9.17) is 16.3 Å². The van der Waals surface area contributed by atoms with Crippen molar-refractivity contribution in [1.82, 2.24) is 4.90 Å². The van der Waals surface area contributed by atoms with Crippen LogP contribution in [0.25, 0.3) is 0 Å². The van der Waals surface area contributed by atoms with Gasteiger partial charge in [0.05, 0.1) is 5.75 Å². The van der Waals surface area contributed by atoms with Gasteiger partial charge in [-0.25, -0.2) is 8.42 Å². The Hall–Kier alpha value is -2.05. The number of amidine groups is 1. The quantitative estimate of drug-likeness (QED) is 0.793. The topological polar surface area (TPSA) is 59.0 Å². The smallest absolute Gasteiger partial charge is 0.256 e. The first-order valence-electron chi connectivity index (χ1n) is 8.61. The van der Waals surface area contributed by atoms with Crippen LogP contribution in [0.15, 0.2) is 52.9 Å².